The number of aromatic nitrogens is 1. The van der Waals surface area contributed by atoms with Crippen molar-refractivity contribution in [2.75, 3.05) is 20.8 Å². The van der Waals surface area contributed by atoms with Gasteiger partial charge in [0.1, 0.15) is 5.75 Å². The van der Waals surface area contributed by atoms with Gasteiger partial charge in [-0.05, 0) is 47.8 Å². The van der Waals surface area contributed by atoms with Crippen molar-refractivity contribution in [2.24, 2.45) is 0 Å². The SMILES string of the molecule is COc1ccc(-c2cc(C(=O)OCC(=O)N(C)Cc3cccs3)c3ccccc3n2)cc1. The van der Waals surface area contributed by atoms with Crippen molar-refractivity contribution in [3.05, 3.63) is 82.6 Å². The maximum atomic E-state index is 12.9. The molecule has 0 saturated carbocycles. The van der Waals surface area contributed by atoms with Crippen LogP contribution in [0.1, 0.15) is 15.2 Å². The molecule has 4 rings (SSSR count). The van der Waals surface area contributed by atoms with Crippen molar-refractivity contribution in [3.8, 4) is 17.0 Å². The lowest BCUT2D eigenvalue weighted by Crippen LogP contribution is -2.30. The second kappa shape index (κ2) is 9.62. The summed E-state index contributed by atoms with van der Waals surface area (Å²) in [6.07, 6.45) is 0. The van der Waals surface area contributed by atoms with Crippen LogP contribution in [-0.4, -0.2) is 42.5 Å². The van der Waals surface area contributed by atoms with E-state index in [4.69, 9.17) is 9.47 Å². The highest BCUT2D eigenvalue weighted by atomic mass is 32.1. The number of benzene rings is 2. The number of carbonyl (C=O) groups excluding carboxylic acids is 2. The Bertz CT molecular complexity index is 1240. The highest BCUT2D eigenvalue weighted by Gasteiger charge is 2.18. The number of pyridine rings is 1. The van der Waals surface area contributed by atoms with Gasteiger partial charge in [-0.15, -0.1) is 11.3 Å². The predicted octanol–water partition coefficient (Wildman–Crippen LogP) is 4.79. The van der Waals surface area contributed by atoms with E-state index in [9.17, 15) is 9.59 Å². The van der Waals surface area contributed by atoms with Crippen molar-refractivity contribution in [1.82, 2.24) is 9.88 Å². The van der Waals surface area contributed by atoms with Crippen LogP contribution in [0.2, 0.25) is 0 Å². The van der Waals surface area contributed by atoms with Crippen LogP contribution in [0.3, 0.4) is 0 Å². The average molecular weight is 447 g/mol. The van der Waals surface area contributed by atoms with Crippen LogP contribution in [-0.2, 0) is 16.1 Å². The number of fused-ring (bicyclic) bond motifs is 1. The number of nitrogens with zero attached hydrogens (tertiary/aromatic N) is 2. The number of likely N-dealkylation sites (N-methyl/N-ethyl adjacent to an activating group) is 1. The summed E-state index contributed by atoms with van der Waals surface area (Å²) < 4.78 is 10.6. The van der Waals surface area contributed by atoms with Crippen LogP contribution >= 0.6 is 11.3 Å². The van der Waals surface area contributed by atoms with E-state index >= 15 is 0 Å². The lowest BCUT2D eigenvalue weighted by Gasteiger charge is -2.16. The highest BCUT2D eigenvalue weighted by Crippen LogP contribution is 2.27. The molecular weight excluding hydrogens is 424 g/mol. The molecule has 0 fully saturated rings. The highest BCUT2D eigenvalue weighted by molar-refractivity contribution is 7.09. The molecule has 0 atom stereocenters. The van der Waals surface area contributed by atoms with E-state index in [0.717, 1.165) is 16.2 Å². The zero-order valence-electron chi connectivity index (χ0n) is 17.8. The number of methoxy groups -OCH3 is 1. The van der Waals surface area contributed by atoms with E-state index in [2.05, 4.69) is 4.98 Å². The molecule has 2 aromatic carbocycles. The van der Waals surface area contributed by atoms with Crippen molar-refractivity contribution < 1.29 is 19.1 Å². The van der Waals surface area contributed by atoms with E-state index in [0.29, 0.717) is 28.7 Å². The van der Waals surface area contributed by atoms with Crippen LogP contribution in [0.15, 0.2) is 72.1 Å². The first kappa shape index (κ1) is 21.5. The van der Waals surface area contributed by atoms with E-state index < -0.39 is 5.97 Å². The number of thiophene rings is 1. The topological polar surface area (TPSA) is 68.7 Å². The molecule has 32 heavy (non-hydrogen) atoms. The van der Waals surface area contributed by atoms with E-state index in [-0.39, 0.29) is 12.5 Å². The van der Waals surface area contributed by atoms with Crippen LogP contribution in [0.25, 0.3) is 22.2 Å². The Labute approximate surface area is 190 Å². The van der Waals surface area contributed by atoms with Crippen molar-refractivity contribution in [2.45, 2.75) is 6.54 Å². The molecule has 0 saturated heterocycles. The third-order valence-electron chi connectivity index (χ3n) is 5.05. The van der Waals surface area contributed by atoms with E-state index in [1.54, 1.807) is 36.5 Å². The normalized spacial score (nSPS) is 10.7. The first-order valence-corrected chi connectivity index (χ1v) is 10.9. The third-order valence-corrected chi connectivity index (χ3v) is 5.91. The number of para-hydroxylation sites is 1. The van der Waals surface area contributed by atoms with Gasteiger partial charge in [0.05, 0.1) is 30.4 Å². The molecule has 4 aromatic rings. The number of rotatable bonds is 7. The molecule has 0 spiro atoms. The molecule has 0 N–H and O–H groups in total. The molecule has 0 unspecified atom stereocenters. The molecule has 6 nitrogen and oxygen atoms in total. The summed E-state index contributed by atoms with van der Waals surface area (Å²) in [6.45, 7) is 0.156. The summed E-state index contributed by atoms with van der Waals surface area (Å²) in [5.41, 5.74) is 2.53. The molecule has 0 aliphatic rings. The van der Waals surface area contributed by atoms with Gasteiger partial charge in [0.2, 0.25) is 0 Å². The first-order chi connectivity index (χ1) is 15.5. The molecule has 2 aromatic heterocycles. The second-order valence-electron chi connectivity index (χ2n) is 7.21. The number of hydrogen-bond donors (Lipinski definition) is 0. The molecule has 162 valence electrons. The zero-order chi connectivity index (χ0) is 22.5. The summed E-state index contributed by atoms with van der Waals surface area (Å²) in [4.78, 5) is 32.7. The number of ether oxygens (including phenoxy) is 2. The summed E-state index contributed by atoms with van der Waals surface area (Å²) in [5.74, 6) is -0.0870. The van der Waals surface area contributed by atoms with E-state index in [1.165, 1.54) is 0 Å². The van der Waals surface area contributed by atoms with Crippen molar-refractivity contribution >= 4 is 34.1 Å². The molecule has 0 radical (unpaired) electrons. The van der Waals surface area contributed by atoms with Gasteiger partial charge >= 0.3 is 5.97 Å². The maximum absolute atomic E-state index is 12.9. The smallest absolute Gasteiger partial charge is 0.339 e. The minimum absolute atomic E-state index is 0.263. The van der Waals surface area contributed by atoms with Gasteiger partial charge in [-0.3, -0.25) is 4.79 Å². The van der Waals surface area contributed by atoms with Gasteiger partial charge in [0.25, 0.3) is 5.91 Å². The Kier molecular flexibility index (Phi) is 6.47. The fraction of sp³-hybridized carbons (Fsp3) is 0.160. The quantitative estimate of drug-likeness (QED) is 0.382. The second-order valence-corrected chi connectivity index (χ2v) is 8.24. The van der Waals surface area contributed by atoms with Gasteiger partial charge in [-0.1, -0.05) is 24.3 Å². The Morgan fingerprint density at radius 2 is 1.81 bits per heavy atom. The van der Waals surface area contributed by atoms with Crippen LogP contribution in [0.4, 0.5) is 0 Å². The predicted molar refractivity (Wildman–Crippen MR) is 125 cm³/mol. The van der Waals surface area contributed by atoms with Gasteiger partial charge in [-0.2, -0.15) is 0 Å². The summed E-state index contributed by atoms with van der Waals surface area (Å²) in [7, 11) is 3.30. The Morgan fingerprint density at radius 3 is 2.53 bits per heavy atom. The third kappa shape index (κ3) is 4.78. The fourth-order valence-corrected chi connectivity index (χ4v) is 4.05. The number of carbonyl (C=O) groups is 2. The Hall–Kier alpha value is -3.71. The maximum Gasteiger partial charge on any atom is 0.339 e. The number of amides is 1. The standard InChI is InChI=1S/C25H22N2O4S/c1-27(15-19-6-5-13-32-19)24(28)16-31-25(29)21-14-23(17-9-11-18(30-2)12-10-17)26-22-8-4-3-7-20(21)22/h3-14H,15-16H2,1-2H3. The molecule has 0 bridgehead atoms. The van der Waals surface area contributed by atoms with Crippen molar-refractivity contribution in [1.29, 1.82) is 0 Å². The van der Waals surface area contributed by atoms with Crippen LogP contribution in [0, 0.1) is 0 Å². The minimum Gasteiger partial charge on any atom is -0.497 e. The van der Waals surface area contributed by atoms with Gasteiger partial charge < -0.3 is 14.4 Å². The number of esters is 1. The first-order valence-electron chi connectivity index (χ1n) is 10.0. The molecular formula is C25H22N2O4S. The lowest BCUT2D eigenvalue weighted by atomic mass is 10.0. The van der Waals surface area contributed by atoms with Gasteiger partial charge in [0, 0.05) is 22.9 Å². The van der Waals surface area contributed by atoms with Crippen molar-refractivity contribution in [3.63, 3.8) is 0 Å². The summed E-state index contributed by atoms with van der Waals surface area (Å²) >= 11 is 1.58. The Balaban J connectivity index is 1.55. The molecule has 7 heteroatoms. The van der Waals surface area contributed by atoms with Gasteiger partial charge in [0.15, 0.2) is 6.61 Å². The van der Waals surface area contributed by atoms with Crippen LogP contribution in [0.5, 0.6) is 5.75 Å². The molecule has 2 heterocycles. The van der Waals surface area contributed by atoms with Crippen LogP contribution < -0.4 is 4.74 Å². The average Bonchev–Trinajstić information content (AvgIpc) is 3.34. The molecule has 0 aliphatic heterocycles. The fourth-order valence-electron chi connectivity index (χ4n) is 3.29. The summed E-state index contributed by atoms with van der Waals surface area (Å²) in [6, 6.07) is 20.4. The zero-order valence-corrected chi connectivity index (χ0v) is 18.6. The summed E-state index contributed by atoms with van der Waals surface area (Å²) in [5, 5.41) is 2.64. The monoisotopic (exact) mass is 446 g/mol. The van der Waals surface area contributed by atoms with E-state index in [1.807, 2.05) is 66.0 Å². The lowest BCUT2D eigenvalue weighted by molar-refractivity contribution is -0.133. The minimum atomic E-state index is -0.559. The number of hydrogen-bond acceptors (Lipinski definition) is 6. The van der Waals surface area contributed by atoms with Gasteiger partial charge in [-0.25, -0.2) is 9.78 Å². The molecule has 0 aliphatic carbocycles. The Morgan fingerprint density at radius 1 is 1.03 bits per heavy atom. The molecule has 1 amide bonds. The largest absolute Gasteiger partial charge is 0.497 e.